The summed E-state index contributed by atoms with van der Waals surface area (Å²) in [7, 11) is 0. The quantitative estimate of drug-likeness (QED) is 0.765. The lowest BCUT2D eigenvalue weighted by Gasteiger charge is -2.25. The molecule has 0 saturated heterocycles. The van der Waals surface area contributed by atoms with Gasteiger partial charge in [0.1, 0.15) is 11.4 Å². The molecule has 0 atom stereocenters. The number of carbonyl (C=O) groups excluding carboxylic acids is 2. The smallest absolute Gasteiger partial charge is 0.422 e. The first-order chi connectivity index (χ1) is 12.8. The molecule has 1 aromatic carbocycles. The Morgan fingerprint density at radius 3 is 2.59 bits per heavy atom. The number of imide groups is 1. The van der Waals surface area contributed by atoms with Crippen molar-refractivity contribution in [1.29, 1.82) is 0 Å². The van der Waals surface area contributed by atoms with E-state index in [2.05, 4.69) is 16.8 Å². The van der Waals surface area contributed by atoms with Crippen LogP contribution in [0.1, 0.15) is 32.9 Å². The van der Waals surface area contributed by atoms with Crippen molar-refractivity contribution in [2.45, 2.75) is 39.2 Å². The lowest BCUT2D eigenvalue weighted by molar-refractivity contribution is -0.113. The Morgan fingerprint density at radius 2 is 1.96 bits per heavy atom. The molecule has 5 nitrogen and oxygen atoms in total. The molecule has 1 heterocycles. The largest absolute Gasteiger partial charge is 0.443 e. The van der Waals surface area contributed by atoms with Gasteiger partial charge in [0.05, 0.1) is 5.69 Å². The number of benzene rings is 1. The topological polar surface area (TPSA) is 59.5 Å². The number of aryl methyl sites for hydroxylation is 1. The zero-order chi connectivity index (χ0) is 19.9. The van der Waals surface area contributed by atoms with Crippen LogP contribution in [0.3, 0.4) is 0 Å². The van der Waals surface area contributed by atoms with Gasteiger partial charge in [0.15, 0.2) is 0 Å². The summed E-state index contributed by atoms with van der Waals surface area (Å²) >= 11 is 0. The van der Waals surface area contributed by atoms with Gasteiger partial charge < -0.3 is 4.74 Å². The molecule has 0 saturated carbocycles. The molecule has 140 valence electrons. The fourth-order valence-corrected chi connectivity index (χ4v) is 2.16. The van der Waals surface area contributed by atoms with Crippen LogP contribution in [-0.2, 0) is 16.0 Å². The van der Waals surface area contributed by atoms with Crippen molar-refractivity contribution < 1.29 is 18.7 Å². The van der Waals surface area contributed by atoms with Crippen molar-refractivity contribution in [2.24, 2.45) is 0 Å². The summed E-state index contributed by atoms with van der Waals surface area (Å²) < 4.78 is 18.8. The Hall–Kier alpha value is -3.20. The average Bonchev–Trinajstić information content (AvgIpc) is 2.58. The Bertz CT molecular complexity index is 864. The molecule has 2 aromatic rings. The zero-order valence-corrected chi connectivity index (χ0v) is 15.5. The molecule has 0 bridgehead atoms. The van der Waals surface area contributed by atoms with E-state index in [9.17, 15) is 14.0 Å². The lowest BCUT2D eigenvalue weighted by Crippen LogP contribution is -2.40. The maximum absolute atomic E-state index is 13.6. The van der Waals surface area contributed by atoms with Gasteiger partial charge in [0.25, 0.3) is 0 Å². The Kier molecular flexibility index (Phi) is 6.67. The van der Waals surface area contributed by atoms with Gasteiger partial charge in [0.2, 0.25) is 0 Å². The fourth-order valence-electron chi connectivity index (χ4n) is 2.16. The van der Waals surface area contributed by atoms with E-state index >= 15 is 0 Å². The van der Waals surface area contributed by atoms with Gasteiger partial charge in [-0.25, -0.2) is 14.1 Å². The molecule has 0 unspecified atom stereocenters. The van der Waals surface area contributed by atoms with E-state index in [0.717, 1.165) is 16.7 Å². The highest BCUT2D eigenvalue weighted by molar-refractivity contribution is 6.19. The summed E-state index contributed by atoms with van der Waals surface area (Å²) in [4.78, 5) is 29.9. The molecule has 0 radical (unpaired) electrons. The van der Waals surface area contributed by atoms with Crippen molar-refractivity contribution in [3.05, 3.63) is 60.2 Å². The predicted octanol–water partition coefficient (Wildman–Crippen LogP) is 4.13. The number of halogens is 1. The van der Waals surface area contributed by atoms with E-state index in [4.69, 9.17) is 4.74 Å². The molecule has 27 heavy (non-hydrogen) atoms. The van der Waals surface area contributed by atoms with Crippen LogP contribution >= 0.6 is 0 Å². The Balaban J connectivity index is 2.16. The number of amides is 2. The lowest BCUT2D eigenvalue weighted by atomic mass is 10.2. The normalized spacial score (nSPS) is 10.5. The first kappa shape index (κ1) is 20.1. The van der Waals surface area contributed by atoms with Gasteiger partial charge in [0, 0.05) is 24.7 Å². The summed E-state index contributed by atoms with van der Waals surface area (Å²) in [6.07, 6.45) is 1.75. The van der Waals surface area contributed by atoms with Crippen molar-refractivity contribution >= 4 is 17.7 Å². The van der Waals surface area contributed by atoms with Crippen molar-refractivity contribution in [3.63, 3.8) is 0 Å². The standard InChI is InChI=1S/C21H21FN2O3/c1-21(2,3)27-20(26)24(18-12-8-9-16(22)15-18)19(25)13-5-4-10-17-11-6-7-14-23-17/h6-9,11-12,14-15H,4,10H2,1-3H3. The van der Waals surface area contributed by atoms with Crippen molar-refractivity contribution in [3.8, 4) is 11.8 Å². The Morgan fingerprint density at radius 1 is 1.19 bits per heavy atom. The summed E-state index contributed by atoms with van der Waals surface area (Å²) in [5.74, 6) is 3.80. The number of nitrogens with zero attached hydrogens (tertiary/aromatic N) is 2. The van der Waals surface area contributed by atoms with Crippen LogP contribution in [0.4, 0.5) is 14.9 Å². The second-order valence-corrected chi connectivity index (χ2v) is 6.72. The van der Waals surface area contributed by atoms with Crippen molar-refractivity contribution in [2.75, 3.05) is 4.90 Å². The molecule has 6 heteroatoms. The summed E-state index contributed by atoms with van der Waals surface area (Å²) in [5.41, 5.74) is 0.108. The highest BCUT2D eigenvalue weighted by atomic mass is 19.1. The van der Waals surface area contributed by atoms with Crippen LogP contribution in [0.2, 0.25) is 0 Å². The number of hydrogen-bond donors (Lipinski definition) is 0. The van der Waals surface area contributed by atoms with Crippen LogP contribution < -0.4 is 4.90 Å². The van der Waals surface area contributed by atoms with Crippen LogP contribution in [0.15, 0.2) is 48.7 Å². The average molecular weight is 368 g/mol. The molecule has 0 aliphatic rings. The van der Waals surface area contributed by atoms with E-state index in [0.29, 0.717) is 12.8 Å². The molecule has 1 aromatic heterocycles. The fraction of sp³-hybridized carbons (Fsp3) is 0.286. The van der Waals surface area contributed by atoms with E-state index in [1.165, 1.54) is 18.2 Å². The number of hydrogen-bond acceptors (Lipinski definition) is 4. The summed E-state index contributed by atoms with van der Waals surface area (Å²) in [6.45, 7) is 5.03. The number of pyridine rings is 1. The molecule has 0 spiro atoms. The molecule has 0 N–H and O–H groups in total. The third-order valence-electron chi connectivity index (χ3n) is 3.27. The van der Waals surface area contributed by atoms with Crippen LogP contribution in [0, 0.1) is 17.7 Å². The minimum absolute atomic E-state index is 0.0632. The first-order valence-corrected chi connectivity index (χ1v) is 8.48. The van der Waals surface area contributed by atoms with E-state index < -0.39 is 23.4 Å². The second-order valence-electron chi connectivity index (χ2n) is 6.72. The molecule has 0 aliphatic heterocycles. The summed E-state index contributed by atoms with van der Waals surface area (Å²) in [6, 6.07) is 10.7. The maximum Gasteiger partial charge on any atom is 0.422 e. The predicted molar refractivity (Wildman–Crippen MR) is 100 cm³/mol. The first-order valence-electron chi connectivity index (χ1n) is 8.48. The third-order valence-corrected chi connectivity index (χ3v) is 3.27. The maximum atomic E-state index is 13.6. The van der Waals surface area contributed by atoms with E-state index in [1.54, 1.807) is 27.0 Å². The van der Waals surface area contributed by atoms with Crippen LogP contribution in [0.25, 0.3) is 0 Å². The minimum atomic E-state index is -0.905. The molecule has 0 aliphatic carbocycles. The Labute approximate surface area is 158 Å². The molecular weight excluding hydrogens is 347 g/mol. The molecular formula is C21H21FN2O3. The van der Waals surface area contributed by atoms with Crippen LogP contribution in [-0.4, -0.2) is 22.6 Å². The van der Waals surface area contributed by atoms with Gasteiger partial charge in [-0.2, -0.15) is 0 Å². The number of aromatic nitrogens is 1. The van der Waals surface area contributed by atoms with Gasteiger partial charge >= 0.3 is 12.0 Å². The minimum Gasteiger partial charge on any atom is -0.443 e. The van der Waals surface area contributed by atoms with Gasteiger partial charge in [-0.15, -0.1) is 0 Å². The molecule has 2 rings (SSSR count). The van der Waals surface area contributed by atoms with E-state index in [1.807, 2.05) is 18.2 Å². The molecule has 2 amide bonds. The SMILES string of the molecule is CC(C)(C)OC(=O)N(C(=O)C#CCCc1ccccn1)c1cccc(F)c1. The zero-order valence-electron chi connectivity index (χ0n) is 15.5. The second kappa shape index (κ2) is 8.95. The summed E-state index contributed by atoms with van der Waals surface area (Å²) in [5, 5.41) is 0. The van der Waals surface area contributed by atoms with Gasteiger partial charge in [-0.05, 0) is 57.0 Å². The van der Waals surface area contributed by atoms with Crippen LogP contribution in [0.5, 0.6) is 0 Å². The number of rotatable bonds is 3. The van der Waals surface area contributed by atoms with Gasteiger partial charge in [-0.1, -0.05) is 18.1 Å². The number of carbonyl (C=O) groups is 2. The highest BCUT2D eigenvalue weighted by Gasteiger charge is 2.28. The number of anilines is 1. The van der Waals surface area contributed by atoms with E-state index in [-0.39, 0.29) is 5.69 Å². The van der Waals surface area contributed by atoms with Crippen molar-refractivity contribution in [1.82, 2.24) is 4.98 Å². The van der Waals surface area contributed by atoms with Gasteiger partial charge in [-0.3, -0.25) is 9.78 Å². The monoisotopic (exact) mass is 368 g/mol. The third kappa shape index (κ3) is 6.55. The molecule has 0 fully saturated rings. The highest BCUT2D eigenvalue weighted by Crippen LogP contribution is 2.19. The number of ether oxygens (including phenoxy) is 1.